The minimum Gasteiger partial charge on any atom is -0.489 e. The second-order valence-corrected chi connectivity index (χ2v) is 7.44. The first-order valence-corrected chi connectivity index (χ1v) is 8.95. The molecule has 1 N–H and O–H groups in total. The number of sulfonamides is 1. The SMILES string of the molecule is Cc1ccc(S(=O)(=O)NCC2CCOc3c([O])cccc32)cc1. The van der Waals surface area contributed by atoms with E-state index in [0.717, 1.165) is 11.1 Å². The van der Waals surface area contributed by atoms with Gasteiger partial charge in [0.1, 0.15) is 0 Å². The molecule has 1 radical (unpaired) electrons. The lowest BCUT2D eigenvalue weighted by atomic mass is 9.93. The zero-order valence-corrected chi connectivity index (χ0v) is 13.6. The van der Waals surface area contributed by atoms with Crippen LogP contribution >= 0.6 is 0 Å². The lowest BCUT2D eigenvalue weighted by Gasteiger charge is -2.26. The van der Waals surface area contributed by atoms with Crippen LogP contribution in [0.25, 0.3) is 0 Å². The Morgan fingerprint density at radius 1 is 1.17 bits per heavy atom. The third-order valence-corrected chi connectivity index (χ3v) is 5.45. The molecule has 2 aromatic carbocycles. The summed E-state index contributed by atoms with van der Waals surface area (Å²) in [4.78, 5) is 0.243. The van der Waals surface area contributed by atoms with E-state index in [-0.39, 0.29) is 23.1 Å². The van der Waals surface area contributed by atoms with Gasteiger partial charge in [0.15, 0.2) is 5.75 Å². The molecule has 1 aliphatic rings. The van der Waals surface area contributed by atoms with Crippen molar-refractivity contribution in [3.8, 4) is 11.5 Å². The van der Waals surface area contributed by atoms with Crippen LogP contribution in [0, 0.1) is 6.92 Å². The number of ether oxygens (including phenoxy) is 1. The zero-order valence-electron chi connectivity index (χ0n) is 12.8. The maximum absolute atomic E-state index is 12.4. The largest absolute Gasteiger partial charge is 0.489 e. The van der Waals surface area contributed by atoms with Crippen LogP contribution in [0.15, 0.2) is 47.4 Å². The second-order valence-electron chi connectivity index (χ2n) is 5.67. The van der Waals surface area contributed by atoms with E-state index in [2.05, 4.69) is 4.72 Å². The molecule has 23 heavy (non-hydrogen) atoms. The highest BCUT2D eigenvalue weighted by molar-refractivity contribution is 7.89. The molecule has 0 bridgehead atoms. The number of benzene rings is 2. The van der Waals surface area contributed by atoms with E-state index >= 15 is 0 Å². The summed E-state index contributed by atoms with van der Waals surface area (Å²) in [6, 6.07) is 11.7. The van der Waals surface area contributed by atoms with Crippen molar-refractivity contribution in [1.82, 2.24) is 4.72 Å². The highest BCUT2D eigenvalue weighted by atomic mass is 32.2. The van der Waals surface area contributed by atoms with Crippen LogP contribution in [0.4, 0.5) is 0 Å². The predicted molar refractivity (Wildman–Crippen MR) is 85.8 cm³/mol. The molecule has 2 aromatic rings. The summed E-state index contributed by atoms with van der Waals surface area (Å²) in [5, 5.41) is 11.8. The summed E-state index contributed by atoms with van der Waals surface area (Å²) in [5.74, 6) is 0.125. The molecule has 0 spiro atoms. The highest BCUT2D eigenvalue weighted by Crippen LogP contribution is 2.39. The van der Waals surface area contributed by atoms with Gasteiger partial charge in [0.05, 0.1) is 11.5 Å². The van der Waals surface area contributed by atoms with Crippen molar-refractivity contribution in [3.05, 3.63) is 53.6 Å². The maximum Gasteiger partial charge on any atom is 0.240 e. The highest BCUT2D eigenvalue weighted by Gasteiger charge is 2.26. The number of aryl methyl sites for hydroxylation is 1. The fourth-order valence-corrected chi connectivity index (χ4v) is 3.77. The van der Waals surface area contributed by atoms with Crippen molar-refractivity contribution < 1.29 is 18.3 Å². The van der Waals surface area contributed by atoms with E-state index in [1.165, 1.54) is 6.07 Å². The third kappa shape index (κ3) is 3.33. The van der Waals surface area contributed by atoms with Crippen molar-refractivity contribution in [2.24, 2.45) is 0 Å². The number of hydrogen-bond acceptors (Lipinski definition) is 3. The minimum absolute atomic E-state index is 0.0622. The molecule has 1 atom stereocenters. The van der Waals surface area contributed by atoms with Crippen LogP contribution in [-0.2, 0) is 15.1 Å². The fourth-order valence-electron chi connectivity index (χ4n) is 2.69. The van der Waals surface area contributed by atoms with Crippen LogP contribution in [0.3, 0.4) is 0 Å². The summed E-state index contributed by atoms with van der Waals surface area (Å²) in [5.41, 5.74) is 1.78. The molecule has 1 unspecified atom stereocenters. The molecule has 0 aromatic heterocycles. The van der Waals surface area contributed by atoms with Crippen molar-refractivity contribution in [1.29, 1.82) is 0 Å². The van der Waals surface area contributed by atoms with Gasteiger partial charge >= 0.3 is 0 Å². The normalized spacial score (nSPS) is 17.3. The first-order chi connectivity index (χ1) is 11.0. The lowest BCUT2D eigenvalue weighted by molar-refractivity contribution is 0.240. The molecule has 5 nitrogen and oxygen atoms in total. The van der Waals surface area contributed by atoms with Crippen LogP contribution in [0.5, 0.6) is 11.5 Å². The zero-order chi connectivity index (χ0) is 16.4. The number of rotatable bonds is 4. The molecule has 0 amide bonds. The second kappa shape index (κ2) is 6.22. The molecule has 121 valence electrons. The predicted octanol–water partition coefficient (Wildman–Crippen LogP) is 2.98. The van der Waals surface area contributed by atoms with Crippen molar-refractivity contribution in [3.63, 3.8) is 0 Å². The van der Waals surface area contributed by atoms with Gasteiger partial charge in [0.25, 0.3) is 0 Å². The summed E-state index contributed by atoms with van der Waals surface area (Å²) in [6.07, 6.45) is 0.673. The molecule has 6 heteroatoms. The first kappa shape index (κ1) is 15.8. The van der Waals surface area contributed by atoms with Gasteiger partial charge < -0.3 is 4.74 Å². The standard InChI is InChI=1S/C17H18NO4S/c1-12-5-7-14(8-6-12)23(20,21)18-11-13-9-10-22-17-15(13)3-2-4-16(17)19/h2-8,13,18H,9-11H2,1H3. The molecule has 3 rings (SSSR count). The smallest absolute Gasteiger partial charge is 0.240 e. The Kier molecular flexibility index (Phi) is 4.28. The van der Waals surface area contributed by atoms with E-state index in [4.69, 9.17) is 4.74 Å². The van der Waals surface area contributed by atoms with E-state index in [1.807, 2.05) is 13.0 Å². The Morgan fingerprint density at radius 3 is 2.65 bits per heavy atom. The van der Waals surface area contributed by atoms with Crippen LogP contribution in [0.1, 0.15) is 23.5 Å². The number of fused-ring (bicyclic) bond motifs is 1. The Hall–Kier alpha value is -2.05. The maximum atomic E-state index is 12.4. The fraction of sp³-hybridized carbons (Fsp3) is 0.294. The van der Waals surface area contributed by atoms with Gasteiger partial charge in [-0.1, -0.05) is 29.8 Å². The molecule has 0 saturated heterocycles. The van der Waals surface area contributed by atoms with Gasteiger partial charge in [-0.2, -0.15) is 0 Å². The number of para-hydroxylation sites is 1. The Bertz CT molecular complexity index is 800. The quantitative estimate of drug-likeness (QED) is 0.935. The molecule has 1 aliphatic heterocycles. The summed E-state index contributed by atoms with van der Waals surface area (Å²) < 4.78 is 32.8. The van der Waals surface area contributed by atoms with Gasteiger partial charge in [0.2, 0.25) is 15.8 Å². The Morgan fingerprint density at radius 2 is 1.91 bits per heavy atom. The summed E-state index contributed by atoms with van der Waals surface area (Å²) in [6.45, 7) is 2.57. The summed E-state index contributed by atoms with van der Waals surface area (Å²) >= 11 is 0. The molecular formula is C17H18NO4S. The monoisotopic (exact) mass is 332 g/mol. The number of hydrogen-bond donors (Lipinski definition) is 1. The van der Waals surface area contributed by atoms with Crippen molar-refractivity contribution in [2.75, 3.05) is 13.2 Å². The summed E-state index contributed by atoms with van der Waals surface area (Å²) in [7, 11) is -3.56. The first-order valence-electron chi connectivity index (χ1n) is 7.46. The Balaban J connectivity index is 1.77. The van der Waals surface area contributed by atoms with Gasteiger partial charge in [-0.15, -0.1) is 0 Å². The third-order valence-electron chi connectivity index (χ3n) is 4.01. The molecule has 1 heterocycles. The van der Waals surface area contributed by atoms with Gasteiger partial charge in [-0.3, -0.25) is 5.11 Å². The van der Waals surface area contributed by atoms with Gasteiger partial charge in [-0.05, 0) is 31.5 Å². The van der Waals surface area contributed by atoms with E-state index in [9.17, 15) is 13.5 Å². The lowest BCUT2D eigenvalue weighted by Crippen LogP contribution is -2.30. The van der Waals surface area contributed by atoms with Crippen LogP contribution in [-0.4, -0.2) is 21.6 Å². The average molecular weight is 332 g/mol. The van der Waals surface area contributed by atoms with E-state index in [0.29, 0.717) is 18.8 Å². The van der Waals surface area contributed by atoms with Crippen molar-refractivity contribution >= 4 is 10.0 Å². The van der Waals surface area contributed by atoms with Crippen LogP contribution in [0.2, 0.25) is 0 Å². The van der Waals surface area contributed by atoms with E-state index < -0.39 is 10.0 Å². The molecule has 0 saturated carbocycles. The Labute approximate surface area is 136 Å². The van der Waals surface area contributed by atoms with Crippen LogP contribution < -0.4 is 9.46 Å². The average Bonchev–Trinajstić information content (AvgIpc) is 2.54. The topological polar surface area (TPSA) is 75.3 Å². The molecular weight excluding hydrogens is 314 g/mol. The van der Waals surface area contributed by atoms with Crippen molar-refractivity contribution in [2.45, 2.75) is 24.2 Å². The minimum atomic E-state index is -3.56. The van der Waals surface area contributed by atoms with Gasteiger partial charge in [0, 0.05) is 18.0 Å². The molecule has 0 fully saturated rings. The molecule has 0 aliphatic carbocycles. The van der Waals surface area contributed by atoms with Gasteiger partial charge in [-0.25, -0.2) is 13.1 Å². The van der Waals surface area contributed by atoms with E-state index in [1.54, 1.807) is 30.3 Å². The number of nitrogens with one attached hydrogen (secondary N) is 1.